The van der Waals surface area contributed by atoms with Crippen LogP contribution in [0.15, 0.2) is 6.07 Å². The molecule has 94 valence electrons. The highest BCUT2D eigenvalue weighted by molar-refractivity contribution is 5.40. The second-order valence-corrected chi connectivity index (χ2v) is 4.83. The van der Waals surface area contributed by atoms with Crippen molar-refractivity contribution in [3.63, 3.8) is 0 Å². The molecule has 0 aromatic carbocycles. The van der Waals surface area contributed by atoms with Crippen molar-refractivity contribution in [3.05, 3.63) is 17.6 Å². The summed E-state index contributed by atoms with van der Waals surface area (Å²) in [6, 6.07) is 2.08. The van der Waals surface area contributed by atoms with Gasteiger partial charge in [-0.2, -0.15) is 0 Å². The molecular weight excluding hydrogens is 212 g/mol. The second-order valence-electron chi connectivity index (χ2n) is 4.83. The summed E-state index contributed by atoms with van der Waals surface area (Å²) in [5.41, 5.74) is 6.83. The summed E-state index contributed by atoms with van der Waals surface area (Å²) in [7, 11) is 0. The SMILES string of the molecule is CCc1nc(C)cc(N2CCCC(CN)C2)n1. The first kappa shape index (κ1) is 12.3. The molecule has 0 bridgehead atoms. The number of piperidine rings is 1. The molecule has 0 aliphatic carbocycles. The predicted octanol–water partition coefficient (Wildman–Crippen LogP) is 1.52. The monoisotopic (exact) mass is 234 g/mol. The Morgan fingerprint density at radius 2 is 2.29 bits per heavy atom. The number of aryl methyl sites for hydroxylation is 2. The van der Waals surface area contributed by atoms with Crippen LogP contribution in [0.4, 0.5) is 5.82 Å². The van der Waals surface area contributed by atoms with E-state index in [2.05, 4.69) is 27.9 Å². The quantitative estimate of drug-likeness (QED) is 0.861. The molecule has 17 heavy (non-hydrogen) atoms. The molecule has 1 saturated heterocycles. The smallest absolute Gasteiger partial charge is 0.132 e. The minimum atomic E-state index is 0.615. The average Bonchev–Trinajstić information content (AvgIpc) is 2.38. The van der Waals surface area contributed by atoms with Crippen LogP contribution in [0.3, 0.4) is 0 Å². The van der Waals surface area contributed by atoms with Crippen LogP contribution < -0.4 is 10.6 Å². The summed E-state index contributed by atoms with van der Waals surface area (Å²) in [6.07, 6.45) is 3.35. The number of anilines is 1. The fourth-order valence-electron chi connectivity index (χ4n) is 2.40. The zero-order valence-electron chi connectivity index (χ0n) is 10.8. The Bertz CT molecular complexity index is 378. The van der Waals surface area contributed by atoms with Gasteiger partial charge in [-0.25, -0.2) is 9.97 Å². The third kappa shape index (κ3) is 2.94. The van der Waals surface area contributed by atoms with Crippen LogP contribution in [0.5, 0.6) is 0 Å². The first-order valence-electron chi connectivity index (χ1n) is 6.52. The van der Waals surface area contributed by atoms with E-state index in [0.717, 1.165) is 43.4 Å². The van der Waals surface area contributed by atoms with E-state index in [1.54, 1.807) is 0 Å². The van der Waals surface area contributed by atoms with Crippen molar-refractivity contribution in [1.29, 1.82) is 0 Å². The second kappa shape index (κ2) is 5.45. The molecule has 1 aromatic heterocycles. The number of hydrogen-bond acceptors (Lipinski definition) is 4. The Hall–Kier alpha value is -1.16. The average molecular weight is 234 g/mol. The fraction of sp³-hybridized carbons (Fsp3) is 0.692. The first-order valence-corrected chi connectivity index (χ1v) is 6.52. The molecule has 0 amide bonds. The molecule has 0 saturated carbocycles. The van der Waals surface area contributed by atoms with Gasteiger partial charge in [0.2, 0.25) is 0 Å². The molecule has 1 aliphatic heterocycles. The van der Waals surface area contributed by atoms with Crippen LogP contribution in [0.1, 0.15) is 31.3 Å². The van der Waals surface area contributed by atoms with Gasteiger partial charge in [0.1, 0.15) is 11.6 Å². The first-order chi connectivity index (χ1) is 8.22. The van der Waals surface area contributed by atoms with Crippen molar-refractivity contribution in [2.45, 2.75) is 33.1 Å². The predicted molar refractivity (Wildman–Crippen MR) is 70.1 cm³/mol. The molecule has 0 radical (unpaired) electrons. The van der Waals surface area contributed by atoms with Crippen LogP contribution in [-0.4, -0.2) is 29.6 Å². The molecule has 2 rings (SSSR count). The maximum Gasteiger partial charge on any atom is 0.132 e. The Labute approximate surface area is 103 Å². The Morgan fingerprint density at radius 3 is 3.00 bits per heavy atom. The highest BCUT2D eigenvalue weighted by Crippen LogP contribution is 2.21. The maximum absolute atomic E-state index is 5.77. The molecular formula is C13H22N4. The molecule has 1 atom stereocenters. The molecule has 1 aliphatic rings. The number of rotatable bonds is 3. The van der Waals surface area contributed by atoms with E-state index in [4.69, 9.17) is 5.73 Å². The Balaban J connectivity index is 2.18. The lowest BCUT2D eigenvalue weighted by Gasteiger charge is -2.33. The fourth-order valence-corrected chi connectivity index (χ4v) is 2.40. The van der Waals surface area contributed by atoms with Gasteiger partial charge in [0.25, 0.3) is 0 Å². The van der Waals surface area contributed by atoms with Crippen molar-refractivity contribution >= 4 is 5.82 Å². The van der Waals surface area contributed by atoms with Gasteiger partial charge in [0, 0.05) is 31.3 Å². The van der Waals surface area contributed by atoms with E-state index in [1.165, 1.54) is 12.8 Å². The van der Waals surface area contributed by atoms with E-state index in [-0.39, 0.29) is 0 Å². The normalized spacial score (nSPS) is 20.6. The van der Waals surface area contributed by atoms with Gasteiger partial charge < -0.3 is 10.6 Å². The van der Waals surface area contributed by atoms with E-state index >= 15 is 0 Å². The van der Waals surface area contributed by atoms with Gasteiger partial charge >= 0.3 is 0 Å². The zero-order valence-corrected chi connectivity index (χ0v) is 10.8. The van der Waals surface area contributed by atoms with Gasteiger partial charge in [-0.1, -0.05) is 6.92 Å². The summed E-state index contributed by atoms with van der Waals surface area (Å²) in [6.45, 7) is 7.04. The van der Waals surface area contributed by atoms with Crippen molar-refractivity contribution in [2.75, 3.05) is 24.5 Å². The number of nitrogens with two attached hydrogens (primary N) is 1. The lowest BCUT2D eigenvalue weighted by molar-refractivity contribution is 0.421. The minimum absolute atomic E-state index is 0.615. The van der Waals surface area contributed by atoms with Crippen molar-refractivity contribution in [1.82, 2.24) is 9.97 Å². The minimum Gasteiger partial charge on any atom is -0.356 e. The molecule has 2 N–H and O–H groups in total. The van der Waals surface area contributed by atoms with Crippen LogP contribution in [0, 0.1) is 12.8 Å². The van der Waals surface area contributed by atoms with E-state index in [0.29, 0.717) is 5.92 Å². The van der Waals surface area contributed by atoms with Crippen molar-refractivity contribution < 1.29 is 0 Å². The third-order valence-corrected chi connectivity index (χ3v) is 3.38. The Morgan fingerprint density at radius 1 is 1.47 bits per heavy atom. The van der Waals surface area contributed by atoms with Crippen LogP contribution in [0.25, 0.3) is 0 Å². The van der Waals surface area contributed by atoms with Crippen molar-refractivity contribution in [3.8, 4) is 0 Å². The summed E-state index contributed by atoms with van der Waals surface area (Å²) in [5, 5.41) is 0. The summed E-state index contributed by atoms with van der Waals surface area (Å²) < 4.78 is 0. The number of hydrogen-bond donors (Lipinski definition) is 1. The highest BCUT2D eigenvalue weighted by atomic mass is 15.2. The van der Waals surface area contributed by atoms with Gasteiger partial charge in [-0.3, -0.25) is 0 Å². The molecule has 4 heteroatoms. The van der Waals surface area contributed by atoms with Gasteiger partial charge in [0.05, 0.1) is 0 Å². The van der Waals surface area contributed by atoms with Crippen molar-refractivity contribution in [2.24, 2.45) is 11.7 Å². The van der Waals surface area contributed by atoms with Crippen LogP contribution >= 0.6 is 0 Å². The standard InChI is InChI=1S/C13H22N4/c1-3-12-15-10(2)7-13(16-12)17-6-4-5-11(8-14)9-17/h7,11H,3-6,8-9,14H2,1-2H3. The van der Waals surface area contributed by atoms with Gasteiger partial charge in [-0.15, -0.1) is 0 Å². The number of nitrogens with zero attached hydrogens (tertiary/aromatic N) is 3. The lowest BCUT2D eigenvalue weighted by atomic mass is 9.98. The van der Waals surface area contributed by atoms with E-state index < -0.39 is 0 Å². The molecule has 2 heterocycles. The van der Waals surface area contributed by atoms with Crippen LogP contribution in [0.2, 0.25) is 0 Å². The summed E-state index contributed by atoms with van der Waals surface area (Å²) in [5.74, 6) is 2.63. The molecule has 0 spiro atoms. The number of aromatic nitrogens is 2. The largest absolute Gasteiger partial charge is 0.356 e. The van der Waals surface area contributed by atoms with E-state index in [9.17, 15) is 0 Å². The highest BCUT2D eigenvalue weighted by Gasteiger charge is 2.20. The van der Waals surface area contributed by atoms with Crippen LogP contribution in [-0.2, 0) is 6.42 Å². The molecule has 1 fully saturated rings. The topological polar surface area (TPSA) is 55.0 Å². The zero-order chi connectivity index (χ0) is 12.3. The Kier molecular flexibility index (Phi) is 3.94. The third-order valence-electron chi connectivity index (χ3n) is 3.38. The van der Waals surface area contributed by atoms with Gasteiger partial charge in [-0.05, 0) is 32.2 Å². The molecule has 4 nitrogen and oxygen atoms in total. The molecule has 1 aromatic rings. The molecule has 1 unspecified atom stereocenters. The summed E-state index contributed by atoms with van der Waals surface area (Å²) in [4.78, 5) is 11.4. The summed E-state index contributed by atoms with van der Waals surface area (Å²) >= 11 is 0. The maximum atomic E-state index is 5.77. The lowest BCUT2D eigenvalue weighted by Crippen LogP contribution is -2.39. The van der Waals surface area contributed by atoms with E-state index in [1.807, 2.05) is 6.92 Å². The van der Waals surface area contributed by atoms with Gasteiger partial charge in [0.15, 0.2) is 0 Å².